The van der Waals surface area contributed by atoms with Crippen molar-refractivity contribution in [1.29, 1.82) is 0 Å². The van der Waals surface area contributed by atoms with E-state index in [9.17, 15) is 14.7 Å². The van der Waals surface area contributed by atoms with Gasteiger partial charge in [-0.2, -0.15) is 0 Å². The quantitative estimate of drug-likeness (QED) is 0.422. The van der Waals surface area contributed by atoms with Crippen molar-refractivity contribution >= 4 is 58.4 Å². The molecule has 29 heavy (non-hydrogen) atoms. The van der Waals surface area contributed by atoms with E-state index in [1.165, 1.54) is 12.3 Å². The van der Waals surface area contributed by atoms with Crippen molar-refractivity contribution in [2.45, 2.75) is 26.3 Å². The van der Waals surface area contributed by atoms with Gasteiger partial charge in [-0.05, 0) is 43.8 Å². The first-order chi connectivity index (χ1) is 13.7. The van der Waals surface area contributed by atoms with Gasteiger partial charge in [0.15, 0.2) is 5.11 Å². The van der Waals surface area contributed by atoms with E-state index in [0.29, 0.717) is 21.3 Å². The second-order valence-electron chi connectivity index (χ2n) is 5.83. The molecule has 0 fully saturated rings. The molecule has 154 valence electrons. The summed E-state index contributed by atoms with van der Waals surface area (Å²) in [5.74, 6) is -1.41. The summed E-state index contributed by atoms with van der Waals surface area (Å²) in [6.07, 6.45) is 1.06. The Morgan fingerprint density at radius 1 is 1.34 bits per heavy atom. The number of nitrogens with zero attached hydrogens (tertiary/aromatic N) is 2. The number of ether oxygens (including phenoxy) is 1. The molecule has 0 aliphatic carbocycles. The number of rotatable bonds is 7. The molecule has 0 unspecified atom stereocenters. The maximum Gasteiger partial charge on any atom is 0.341 e. The van der Waals surface area contributed by atoms with Crippen LogP contribution in [0.5, 0.6) is 0 Å². The third-order valence-corrected chi connectivity index (χ3v) is 4.50. The molecule has 3 N–H and O–H groups in total. The van der Waals surface area contributed by atoms with Gasteiger partial charge in [0, 0.05) is 16.2 Å². The van der Waals surface area contributed by atoms with Crippen molar-refractivity contribution in [3.63, 3.8) is 0 Å². The summed E-state index contributed by atoms with van der Waals surface area (Å²) in [5.41, 5.74) is 1.18. The molecule has 1 heterocycles. The van der Waals surface area contributed by atoms with Crippen molar-refractivity contribution in [3.8, 4) is 0 Å². The summed E-state index contributed by atoms with van der Waals surface area (Å²) >= 11 is 17.3. The topological polar surface area (TPSA) is 113 Å². The average Bonchev–Trinajstić information content (AvgIpc) is 2.61. The number of nitrogens with one attached hydrogen (secondary N) is 2. The summed E-state index contributed by atoms with van der Waals surface area (Å²) in [6, 6.07) is 4.04. The third kappa shape index (κ3) is 6.52. The molecule has 2 rings (SSSR count). The van der Waals surface area contributed by atoms with Gasteiger partial charge >= 0.3 is 11.9 Å². The van der Waals surface area contributed by atoms with Crippen LogP contribution >= 0.6 is 35.4 Å². The van der Waals surface area contributed by atoms with Crippen LogP contribution in [0, 0.1) is 6.92 Å². The van der Waals surface area contributed by atoms with Crippen LogP contribution in [0.1, 0.15) is 41.0 Å². The third-order valence-electron chi connectivity index (χ3n) is 3.72. The molecule has 0 aliphatic heterocycles. The number of carbonyl (C=O) groups excluding carboxylic acids is 1. The lowest BCUT2D eigenvalue weighted by Gasteiger charge is -2.20. The number of aryl methyl sites for hydroxylation is 1. The fraction of sp³-hybridized carbons (Fsp3) is 0.278. The van der Waals surface area contributed by atoms with Gasteiger partial charge in [0.1, 0.15) is 0 Å². The number of hydrogen-bond donors (Lipinski definition) is 3. The fourth-order valence-electron chi connectivity index (χ4n) is 2.43. The molecule has 2 aromatic rings. The lowest BCUT2D eigenvalue weighted by atomic mass is 10.0. The van der Waals surface area contributed by atoms with Gasteiger partial charge in [-0.25, -0.2) is 14.8 Å². The van der Waals surface area contributed by atoms with Gasteiger partial charge < -0.3 is 20.5 Å². The minimum atomic E-state index is -1.04. The molecule has 0 spiro atoms. The van der Waals surface area contributed by atoms with Crippen LogP contribution in [0.3, 0.4) is 0 Å². The van der Waals surface area contributed by atoms with E-state index in [1.807, 2.05) is 0 Å². The molecule has 0 amide bonds. The minimum absolute atomic E-state index is 0.0885. The number of benzene rings is 1. The first-order valence-corrected chi connectivity index (χ1v) is 9.62. The molecule has 0 radical (unpaired) electrons. The number of esters is 1. The van der Waals surface area contributed by atoms with Gasteiger partial charge in [-0.3, -0.25) is 4.79 Å². The van der Waals surface area contributed by atoms with E-state index in [0.717, 1.165) is 0 Å². The zero-order valence-corrected chi connectivity index (χ0v) is 17.9. The maximum atomic E-state index is 11.8. The van der Waals surface area contributed by atoms with Crippen molar-refractivity contribution in [3.05, 3.63) is 51.3 Å². The second-order valence-corrected chi connectivity index (χ2v) is 7.08. The Kier molecular flexibility index (Phi) is 8.12. The molecule has 1 aromatic heterocycles. The van der Waals surface area contributed by atoms with Crippen LogP contribution < -0.4 is 10.6 Å². The predicted octanol–water partition coefficient (Wildman–Crippen LogP) is 3.77. The van der Waals surface area contributed by atoms with Gasteiger partial charge in [0.05, 0.1) is 30.3 Å². The van der Waals surface area contributed by atoms with Crippen molar-refractivity contribution in [2.75, 3.05) is 11.9 Å². The SMILES string of the molecule is CCOC(=O)c1cnc(NC(=S)N[C@H](CC(=O)O)c2ccc(Cl)cc2Cl)nc1C. The summed E-state index contributed by atoms with van der Waals surface area (Å²) < 4.78 is 4.93. The zero-order valence-electron chi connectivity index (χ0n) is 15.5. The lowest BCUT2D eigenvalue weighted by molar-refractivity contribution is -0.137. The van der Waals surface area contributed by atoms with Crippen LogP contribution in [-0.4, -0.2) is 38.7 Å². The highest BCUT2D eigenvalue weighted by Crippen LogP contribution is 2.28. The summed E-state index contributed by atoms with van der Waals surface area (Å²) in [4.78, 5) is 31.3. The Morgan fingerprint density at radius 2 is 2.07 bits per heavy atom. The van der Waals surface area contributed by atoms with E-state index in [1.54, 1.807) is 26.0 Å². The monoisotopic (exact) mass is 456 g/mol. The number of aromatic nitrogens is 2. The fourth-order valence-corrected chi connectivity index (χ4v) is 3.20. The number of carboxylic acids is 1. The predicted molar refractivity (Wildman–Crippen MR) is 114 cm³/mol. The molecule has 1 aromatic carbocycles. The van der Waals surface area contributed by atoms with Gasteiger partial charge in [0.25, 0.3) is 0 Å². The number of hydrogen-bond acceptors (Lipinski definition) is 6. The molecule has 11 heteroatoms. The molecule has 0 bridgehead atoms. The molecular weight excluding hydrogens is 439 g/mol. The highest BCUT2D eigenvalue weighted by atomic mass is 35.5. The Hall–Kier alpha value is -2.49. The van der Waals surface area contributed by atoms with E-state index >= 15 is 0 Å². The van der Waals surface area contributed by atoms with E-state index in [-0.39, 0.29) is 29.7 Å². The molecule has 0 saturated carbocycles. The van der Waals surface area contributed by atoms with E-state index < -0.39 is 18.0 Å². The van der Waals surface area contributed by atoms with Gasteiger partial charge in [-0.15, -0.1) is 0 Å². The minimum Gasteiger partial charge on any atom is -0.481 e. The summed E-state index contributed by atoms with van der Waals surface area (Å²) in [6.45, 7) is 3.58. The maximum absolute atomic E-state index is 11.8. The number of halogens is 2. The molecule has 0 saturated heterocycles. The van der Waals surface area contributed by atoms with Crippen LogP contribution in [-0.2, 0) is 9.53 Å². The van der Waals surface area contributed by atoms with Crippen molar-refractivity contribution in [2.24, 2.45) is 0 Å². The molecule has 0 aliphatic rings. The Balaban J connectivity index is 2.15. The van der Waals surface area contributed by atoms with Crippen LogP contribution in [0.15, 0.2) is 24.4 Å². The molecule has 1 atom stereocenters. The normalized spacial score (nSPS) is 11.4. The average molecular weight is 457 g/mol. The standard InChI is InChI=1S/C18H18Cl2N4O4S/c1-3-28-16(27)12-8-21-17(22-9(12)2)24-18(29)23-14(7-15(25)26)11-5-4-10(19)6-13(11)20/h4-6,8,14H,3,7H2,1-2H3,(H,25,26)(H2,21,22,23,24,29)/t14-/m1/s1. The molecular formula is C18H18Cl2N4O4S. The zero-order chi connectivity index (χ0) is 21.6. The van der Waals surface area contributed by atoms with Crippen molar-refractivity contribution < 1.29 is 19.4 Å². The van der Waals surface area contributed by atoms with E-state index in [4.69, 9.17) is 40.2 Å². The van der Waals surface area contributed by atoms with Gasteiger partial charge in [-0.1, -0.05) is 29.3 Å². The number of thiocarbonyl (C=S) groups is 1. The Morgan fingerprint density at radius 3 is 2.66 bits per heavy atom. The second kappa shape index (κ2) is 10.3. The lowest BCUT2D eigenvalue weighted by Crippen LogP contribution is -2.34. The summed E-state index contributed by atoms with van der Waals surface area (Å²) in [7, 11) is 0. The smallest absolute Gasteiger partial charge is 0.341 e. The van der Waals surface area contributed by atoms with Crippen LogP contribution in [0.25, 0.3) is 0 Å². The highest BCUT2D eigenvalue weighted by Gasteiger charge is 2.20. The first kappa shape index (κ1) is 22.8. The van der Waals surface area contributed by atoms with Crippen molar-refractivity contribution in [1.82, 2.24) is 15.3 Å². The highest BCUT2D eigenvalue weighted by molar-refractivity contribution is 7.80. The number of aliphatic carboxylic acids is 1. The van der Waals surface area contributed by atoms with Crippen LogP contribution in [0.2, 0.25) is 10.0 Å². The number of carboxylic acid groups (broad SMARTS) is 1. The van der Waals surface area contributed by atoms with Gasteiger partial charge in [0.2, 0.25) is 5.95 Å². The molecule has 8 nitrogen and oxygen atoms in total. The number of carbonyl (C=O) groups is 2. The Labute approximate surface area is 182 Å². The van der Waals surface area contributed by atoms with Crippen LogP contribution in [0.4, 0.5) is 5.95 Å². The summed E-state index contributed by atoms with van der Waals surface area (Å²) in [5, 5.41) is 15.7. The first-order valence-electron chi connectivity index (χ1n) is 8.46. The van der Waals surface area contributed by atoms with E-state index in [2.05, 4.69) is 20.6 Å². The largest absolute Gasteiger partial charge is 0.481 e. The number of anilines is 1. The Bertz CT molecular complexity index is 942.